The summed E-state index contributed by atoms with van der Waals surface area (Å²) in [7, 11) is 1.62. The maximum absolute atomic E-state index is 10.6. The van der Waals surface area contributed by atoms with Crippen LogP contribution in [0, 0.1) is 0 Å². The smallest absolute Gasteiger partial charge is 0.164 e. The van der Waals surface area contributed by atoms with E-state index in [0.29, 0.717) is 121 Å². The zero-order chi connectivity index (χ0) is 29.7. The maximum Gasteiger partial charge on any atom is 0.164 e. The van der Waals surface area contributed by atoms with Gasteiger partial charge in [0.1, 0.15) is 31.3 Å². The van der Waals surface area contributed by atoms with E-state index >= 15 is 0 Å². The van der Waals surface area contributed by atoms with Crippen molar-refractivity contribution in [2.75, 3.05) is 106 Å². The Bertz CT molecular complexity index is 1050. The van der Waals surface area contributed by atoms with Crippen LogP contribution in [0.3, 0.4) is 0 Å². The molecule has 13 heteroatoms. The van der Waals surface area contributed by atoms with Crippen LogP contribution in [0.25, 0.3) is 0 Å². The van der Waals surface area contributed by atoms with Crippen LogP contribution >= 0.6 is 0 Å². The number of fused-ring (bicyclic) bond motifs is 1. The lowest BCUT2D eigenvalue weighted by atomic mass is 10.2. The Balaban J connectivity index is 1.63. The topological polar surface area (TPSA) is 137 Å². The highest BCUT2D eigenvalue weighted by Gasteiger charge is 2.13. The Kier molecular flexibility index (Phi) is 16.4. The molecule has 1 heterocycles. The number of nitrogens with zero attached hydrogens (tertiary/aromatic N) is 2. The van der Waals surface area contributed by atoms with Crippen LogP contribution in [0.2, 0.25) is 0 Å². The largest absolute Gasteiger partial charge is 0.505 e. The highest BCUT2D eigenvalue weighted by atomic mass is 16.6. The van der Waals surface area contributed by atoms with Gasteiger partial charge in [0, 0.05) is 25.3 Å². The molecule has 2 aromatic carbocycles. The van der Waals surface area contributed by atoms with E-state index in [1.807, 2.05) is 6.92 Å². The fraction of sp³-hybridized carbons (Fsp3) is 0.586. The van der Waals surface area contributed by atoms with Crippen LogP contribution in [0.15, 0.2) is 40.6 Å². The molecule has 1 N–H and O–H groups in total. The Morgan fingerprint density at radius 3 is 1.93 bits per heavy atom. The average Bonchev–Trinajstić information content (AvgIpc) is 3.00. The third kappa shape index (κ3) is 12.8. The number of methoxy groups -OCH3 is 1. The molecule has 0 aliphatic carbocycles. The molecule has 0 saturated heterocycles. The second-order valence-electron chi connectivity index (χ2n) is 8.65. The first kappa shape index (κ1) is 33.3. The molecule has 0 bridgehead atoms. The third-order valence-electron chi connectivity index (χ3n) is 5.54. The minimum absolute atomic E-state index is 0.103. The third-order valence-corrected chi connectivity index (χ3v) is 5.54. The van der Waals surface area contributed by atoms with Gasteiger partial charge in [0.25, 0.3) is 0 Å². The van der Waals surface area contributed by atoms with E-state index in [0.717, 1.165) is 0 Å². The SMILES string of the molecule is CCOc1cc(O)c(N=Nc2ccc3c(c2)OCCOCCOCCOCCO3)cc1OCCOCCOCCOC. The van der Waals surface area contributed by atoms with Gasteiger partial charge in [-0.05, 0) is 19.1 Å². The summed E-state index contributed by atoms with van der Waals surface area (Å²) in [5.74, 6) is 1.74. The van der Waals surface area contributed by atoms with Crippen LogP contribution < -0.4 is 18.9 Å². The minimum Gasteiger partial charge on any atom is -0.505 e. The molecule has 1 aliphatic rings. The summed E-state index contributed by atoms with van der Waals surface area (Å²) in [6.45, 7) is 8.24. The van der Waals surface area contributed by atoms with E-state index < -0.39 is 0 Å². The highest BCUT2D eigenvalue weighted by Crippen LogP contribution is 2.40. The molecule has 0 amide bonds. The number of ether oxygens (including phenoxy) is 10. The quantitative estimate of drug-likeness (QED) is 0.250. The minimum atomic E-state index is -0.103. The molecule has 0 atom stereocenters. The summed E-state index contributed by atoms with van der Waals surface area (Å²) in [6, 6.07) is 8.22. The molecular formula is C29H42N2O11. The molecule has 2 aromatic rings. The van der Waals surface area contributed by atoms with Crippen LogP contribution in [-0.2, 0) is 28.4 Å². The molecule has 0 fully saturated rings. The summed E-state index contributed by atoms with van der Waals surface area (Å²) in [4.78, 5) is 0. The number of aromatic hydroxyl groups is 1. The summed E-state index contributed by atoms with van der Waals surface area (Å²) in [5.41, 5.74) is 0.708. The van der Waals surface area contributed by atoms with Crippen molar-refractivity contribution in [2.24, 2.45) is 10.2 Å². The Hall–Kier alpha value is -3.20. The summed E-state index contributed by atoms with van der Waals surface area (Å²) >= 11 is 0. The Morgan fingerprint density at radius 1 is 0.667 bits per heavy atom. The molecule has 234 valence electrons. The van der Waals surface area contributed by atoms with E-state index in [4.69, 9.17) is 47.4 Å². The van der Waals surface area contributed by atoms with E-state index in [2.05, 4.69) is 10.2 Å². The fourth-order valence-corrected chi connectivity index (χ4v) is 3.54. The fourth-order valence-electron chi connectivity index (χ4n) is 3.54. The van der Waals surface area contributed by atoms with Gasteiger partial charge in [-0.3, -0.25) is 0 Å². The van der Waals surface area contributed by atoms with Crippen molar-refractivity contribution in [1.29, 1.82) is 0 Å². The first-order chi connectivity index (χ1) is 20.7. The number of hydrogen-bond donors (Lipinski definition) is 1. The molecule has 1 aliphatic heterocycles. The number of rotatable bonds is 14. The number of phenolic OH excluding ortho intramolecular Hbond substituents is 1. The van der Waals surface area contributed by atoms with E-state index in [1.54, 1.807) is 31.4 Å². The summed E-state index contributed by atoms with van der Waals surface area (Å²) in [5, 5.41) is 19.1. The Morgan fingerprint density at radius 2 is 1.26 bits per heavy atom. The van der Waals surface area contributed by atoms with E-state index in [9.17, 15) is 5.11 Å². The molecule has 0 saturated carbocycles. The van der Waals surface area contributed by atoms with Crippen molar-refractivity contribution >= 4 is 11.4 Å². The molecule has 0 unspecified atom stereocenters. The molecule has 0 radical (unpaired) electrons. The highest BCUT2D eigenvalue weighted by molar-refractivity contribution is 5.61. The number of hydrogen-bond acceptors (Lipinski definition) is 13. The molecule has 42 heavy (non-hydrogen) atoms. The van der Waals surface area contributed by atoms with Gasteiger partial charge in [0.15, 0.2) is 23.0 Å². The van der Waals surface area contributed by atoms with Crippen LogP contribution in [-0.4, -0.2) is 111 Å². The lowest BCUT2D eigenvalue weighted by Gasteiger charge is -2.14. The average molecular weight is 595 g/mol. The summed E-state index contributed by atoms with van der Waals surface area (Å²) < 4.78 is 55.5. The summed E-state index contributed by atoms with van der Waals surface area (Å²) in [6.07, 6.45) is 0. The second kappa shape index (κ2) is 20.6. The van der Waals surface area contributed by atoms with E-state index in [1.165, 1.54) is 6.07 Å². The van der Waals surface area contributed by atoms with Crippen molar-refractivity contribution in [3.05, 3.63) is 30.3 Å². The van der Waals surface area contributed by atoms with Crippen molar-refractivity contribution in [3.8, 4) is 28.7 Å². The normalized spacial score (nSPS) is 15.2. The van der Waals surface area contributed by atoms with Gasteiger partial charge in [-0.2, -0.15) is 5.11 Å². The standard InChI is InChI=1S/C29H42N2O11/c1-3-39-29-22-25(32)24(21-28(29)42-19-16-37-11-8-34-7-6-33-2)31-30-23-4-5-26-27(20-23)41-18-15-38-13-10-35-9-12-36-14-17-40-26/h4-5,20-22,32H,3,6-19H2,1-2H3. The van der Waals surface area contributed by atoms with Gasteiger partial charge in [-0.25, -0.2) is 0 Å². The van der Waals surface area contributed by atoms with Crippen LogP contribution in [0.5, 0.6) is 28.7 Å². The van der Waals surface area contributed by atoms with Crippen molar-refractivity contribution in [3.63, 3.8) is 0 Å². The van der Waals surface area contributed by atoms with Crippen molar-refractivity contribution in [2.45, 2.75) is 6.92 Å². The van der Waals surface area contributed by atoms with Crippen LogP contribution in [0.4, 0.5) is 11.4 Å². The van der Waals surface area contributed by atoms with Gasteiger partial charge in [-0.1, -0.05) is 0 Å². The van der Waals surface area contributed by atoms with Gasteiger partial charge in [0.2, 0.25) is 0 Å². The molecule has 3 rings (SSSR count). The monoisotopic (exact) mass is 594 g/mol. The van der Waals surface area contributed by atoms with Gasteiger partial charge in [0.05, 0.1) is 85.0 Å². The second-order valence-corrected chi connectivity index (χ2v) is 8.65. The molecular weight excluding hydrogens is 552 g/mol. The number of phenols is 1. The molecule has 13 nitrogen and oxygen atoms in total. The first-order valence-corrected chi connectivity index (χ1v) is 14.0. The molecule has 0 spiro atoms. The Labute approximate surface area is 246 Å². The van der Waals surface area contributed by atoms with Crippen molar-refractivity contribution in [1.82, 2.24) is 0 Å². The maximum atomic E-state index is 10.6. The first-order valence-electron chi connectivity index (χ1n) is 14.0. The predicted molar refractivity (Wildman–Crippen MR) is 152 cm³/mol. The van der Waals surface area contributed by atoms with Gasteiger partial charge in [-0.15, -0.1) is 5.11 Å². The predicted octanol–water partition coefficient (Wildman–Crippen LogP) is 4.09. The number of benzene rings is 2. The van der Waals surface area contributed by atoms with Crippen LogP contribution in [0.1, 0.15) is 6.92 Å². The van der Waals surface area contributed by atoms with Gasteiger partial charge >= 0.3 is 0 Å². The van der Waals surface area contributed by atoms with Crippen molar-refractivity contribution < 1.29 is 52.5 Å². The van der Waals surface area contributed by atoms with Gasteiger partial charge < -0.3 is 52.5 Å². The molecule has 0 aromatic heterocycles. The lowest BCUT2D eigenvalue weighted by Crippen LogP contribution is -2.13. The lowest BCUT2D eigenvalue weighted by molar-refractivity contribution is 0.00708. The zero-order valence-electron chi connectivity index (χ0n) is 24.4. The number of azo groups is 1. The van der Waals surface area contributed by atoms with E-state index in [-0.39, 0.29) is 18.0 Å². The zero-order valence-corrected chi connectivity index (χ0v) is 24.4.